The van der Waals surface area contributed by atoms with Gasteiger partial charge in [-0.25, -0.2) is 0 Å². The number of hydrogen-bond donors (Lipinski definition) is 2. The predicted molar refractivity (Wildman–Crippen MR) is 66.1 cm³/mol. The van der Waals surface area contributed by atoms with Gasteiger partial charge in [-0.2, -0.15) is 0 Å². The molecule has 2 rings (SSSR count). The highest BCUT2D eigenvalue weighted by Gasteiger charge is 2.36. The highest BCUT2D eigenvalue weighted by Crippen LogP contribution is 2.36. The molecule has 3 nitrogen and oxygen atoms in total. The van der Waals surface area contributed by atoms with Crippen LogP contribution in [0, 0.1) is 0 Å². The molecule has 1 aliphatic rings. The van der Waals surface area contributed by atoms with Crippen molar-refractivity contribution in [3.63, 3.8) is 0 Å². The van der Waals surface area contributed by atoms with E-state index in [0.717, 1.165) is 24.2 Å². The van der Waals surface area contributed by atoms with Gasteiger partial charge < -0.3 is 10.8 Å². The molecule has 3 heteroatoms. The smallest absolute Gasteiger partial charge is 0.0750 e. The van der Waals surface area contributed by atoms with Crippen molar-refractivity contribution in [3.8, 4) is 0 Å². The van der Waals surface area contributed by atoms with Crippen LogP contribution in [0.15, 0.2) is 24.3 Å². The summed E-state index contributed by atoms with van der Waals surface area (Å²) in [6.07, 6.45) is 0.532. The molecule has 0 aromatic heterocycles. The molecule has 0 saturated carbocycles. The standard InChI is InChI=1S/C13H20N2O/c1-9(2)15-8-7-12(16)13(15)10-5-3-4-6-11(10)14/h3-6,9,12-13,16H,7-8,14H2,1-2H3. The molecule has 1 aliphatic heterocycles. The van der Waals surface area contributed by atoms with Crippen LogP contribution in [0.1, 0.15) is 31.9 Å². The summed E-state index contributed by atoms with van der Waals surface area (Å²) in [5, 5.41) is 10.1. The van der Waals surface area contributed by atoms with Gasteiger partial charge in [0.25, 0.3) is 0 Å². The van der Waals surface area contributed by atoms with E-state index in [-0.39, 0.29) is 12.1 Å². The summed E-state index contributed by atoms with van der Waals surface area (Å²) in [5.41, 5.74) is 7.82. The Kier molecular flexibility index (Phi) is 3.17. The number of anilines is 1. The van der Waals surface area contributed by atoms with Crippen LogP contribution in [0.5, 0.6) is 0 Å². The van der Waals surface area contributed by atoms with Gasteiger partial charge in [0, 0.05) is 18.3 Å². The largest absolute Gasteiger partial charge is 0.398 e. The Morgan fingerprint density at radius 1 is 1.38 bits per heavy atom. The first-order valence-corrected chi connectivity index (χ1v) is 5.89. The fourth-order valence-electron chi connectivity index (χ4n) is 2.54. The Morgan fingerprint density at radius 3 is 2.69 bits per heavy atom. The van der Waals surface area contributed by atoms with Crippen molar-refractivity contribution in [3.05, 3.63) is 29.8 Å². The predicted octanol–water partition coefficient (Wildman–Crippen LogP) is 1.78. The van der Waals surface area contributed by atoms with Crippen molar-refractivity contribution in [2.45, 2.75) is 38.5 Å². The highest BCUT2D eigenvalue weighted by molar-refractivity contribution is 5.49. The van der Waals surface area contributed by atoms with Gasteiger partial charge in [-0.15, -0.1) is 0 Å². The minimum atomic E-state index is -0.299. The average molecular weight is 220 g/mol. The summed E-state index contributed by atoms with van der Waals surface area (Å²) in [6, 6.07) is 8.32. The van der Waals surface area contributed by atoms with E-state index in [1.807, 2.05) is 24.3 Å². The molecule has 88 valence electrons. The van der Waals surface area contributed by atoms with Gasteiger partial charge in [-0.05, 0) is 31.9 Å². The number of nitrogens with zero attached hydrogens (tertiary/aromatic N) is 1. The van der Waals surface area contributed by atoms with Crippen molar-refractivity contribution in [2.24, 2.45) is 0 Å². The zero-order valence-corrected chi connectivity index (χ0v) is 9.93. The molecule has 3 N–H and O–H groups in total. The van der Waals surface area contributed by atoms with E-state index in [4.69, 9.17) is 5.73 Å². The summed E-state index contributed by atoms with van der Waals surface area (Å²) in [4.78, 5) is 2.32. The molecule has 1 heterocycles. The van der Waals surface area contributed by atoms with E-state index in [0.29, 0.717) is 6.04 Å². The lowest BCUT2D eigenvalue weighted by molar-refractivity contribution is 0.101. The summed E-state index contributed by atoms with van der Waals surface area (Å²) < 4.78 is 0. The van der Waals surface area contributed by atoms with E-state index in [2.05, 4.69) is 18.7 Å². The van der Waals surface area contributed by atoms with Gasteiger partial charge in [-0.1, -0.05) is 18.2 Å². The zero-order chi connectivity index (χ0) is 11.7. The number of rotatable bonds is 2. The monoisotopic (exact) mass is 220 g/mol. The normalized spacial score (nSPS) is 26.5. The van der Waals surface area contributed by atoms with Crippen LogP contribution < -0.4 is 5.73 Å². The number of aliphatic hydroxyl groups is 1. The van der Waals surface area contributed by atoms with Crippen LogP contribution in [-0.4, -0.2) is 28.7 Å². The summed E-state index contributed by atoms with van der Waals surface area (Å²) in [7, 11) is 0. The SMILES string of the molecule is CC(C)N1CCC(O)C1c1ccccc1N. The quantitative estimate of drug-likeness (QED) is 0.747. The lowest BCUT2D eigenvalue weighted by Crippen LogP contribution is -2.33. The van der Waals surface area contributed by atoms with Crippen LogP contribution in [0.25, 0.3) is 0 Å². The first kappa shape index (κ1) is 11.4. The number of nitrogens with two attached hydrogens (primary N) is 1. The number of nitrogen functional groups attached to an aromatic ring is 1. The molecular formula is C13H20N2O. The molecule has 0 spiro atoms. The second kappa shape index (κ2) is 4.44. The maximum atomic E-state index is 10.1. The van der Waals surface area contributed by atoms with E-state index in [1.54, 1.807) is 0 Å². The lowest BCUT2D eigenvalue weighted by Gasteiger charge is -2.30. The molecule has 1 aromatic rings. The molecule has 1 fully saturated rings. The molecule has 2 atom stereocenters. The van der Waals surface area contributed by atoms with Crippen LogP contribution in [0.2, 0.25) is 0 Å². The third-order valence-electron chi connectivity index (χ3n) is 3.38. The average Bonchev–Trinajstić information content (AvgIpc) is 2.61. The summed E-state index contributed by atoms with van der Waals surface area (Å²) >= 11 is 0. The fourth-order valence-corrected chi connectivity index (χ4v) is 2.54. The number of aliphatic hydroxyl groups excluding tert-OH is 1. The van der Waals surface area contributed by atoms with E-state index < -0.39 is 0 Å². The summed E-state index contributed by atoms with van der Waals surface area (Å²) in [5.74, 6) is 0. The highest BCUT2D eigenvalue weighted by atomic mass is 16.3. The van der Waals surface area contributed by atoms with Crippen LogP contribution in [0.4, 0.5) is 5.69 Å². The first-order valence-electron chi connectivity index (χ1n) is 5.89. The Hall–Kier alpha value is -1.06. The second-order valence-corrected chi connectivity index (χ2v) is 4.76. The zero-order valence-electron chi connectivity index (χ0n) is 9.93. The minimum Gasteiger partial charge on any atom is -0.398 e. The van der Waals surface area contributed by atoms with Crippen molar-refractivity contribution in [1.82, 2.24) is 4.90 Å². The Labute approximate surface area is 96.9 Å². The van der Waals surface area contributed by atoms with E-state index in [1.165, 1.54) is 0 Å². The topological polar surface area (TPSA) is 49.5 Å². The molecule has 0 aliphatic carbocycles. The third kappa shape index (κ3) is 1.93. The fraction of sp³-hybridized carbons (Fsp3) is 0.538. The van der Waals surface area contributed by atoms with Gasteiger partial charge >= 0.3 is 0 Å². The number of para-hydroxylation sites is 1. The van der Waals surface area contributed by atoms with Crippen LogP contribution >= 0.6 is 0 Å². The minimum absolute atomic E-state index is 0.0567. The Morgan fingerprint density at radius 2 is 2.06 bits per heavy atom. The number of likely N-dealkylation sites (tertiary alicyclic amines) is 1. The van der Waals surface area contributed by atoms with Gasteiger partial charge in [0.15, 0.2) is 0 Å². The van der Waals surface area contributed by atoms with Crippen molar-refractivity contribution in [2.75, 3.05) is 12.3 Å². The van der Waals surface area contributed by atoms with E-state index in [9.17, 15) is 5.11 Å². The number of benzene rings is 1. The third-order valence-corrected chi connectivity index (χ3v) is 3.38. The van der Waals surface area contributed by atoms with E-state index >= 15 is 0 Å². The molecule has 1 saturated heterocycles. The maximum Gasteiger partial charge on any atom is 0.0750 e. The molecule has 2 unspecified atom stereocenters. The van der Waals surface area contributed by atoms with Crippen LogP contribution in [0.3, 0.4) is 0 Å². The van der Waals surface area contributed by atoms with Gasteiger partial charge in [0.05, 0.1) is 12.1 Å². The molecule has 0 radical (unpaired) electrons. The molecule has 0 amide bonds. The van der Waals surface area contributed by atoms with Crippen molar-refractivity contribution < 1.29 is 5.11 Å². The van der Waals surface area contributed by atoms with Crippen molar-refractivity contribution in [1.29, 1.82) is 0 Å². The van der Waals surface area contributed by atoms with Crippen LogP contribution in [-0.2, 0) is 0 Å². The number of hydrogen-bond acceptors (Lipinski definition) is 3. The first-order chi connectivity index (χ1) is 7.61. The molecule has 1 aromatic carbocycles. The summed E-state index contributed by atoms with van der Waals surface area (Å²) in [6.45, 7) is 5.26. The molecule has 0 bridgehead atoms. The Balaban J connectivity index is 2.34. The molecular weight excluding hydrogens is 200 g/mol. The lowest BCUT2D eigenvalue weighted by atomic mass is 10.00. The second-order valence-electron chi connectivity index (χ2n) is 4.76. The maximum absolute atomic E-state index is 10.1. The van der Waals surface area contributed by atoms with Gasteiger partial charge in [0.1, 0.15) is 0 Å². The van der Waals surface area contributed by atoms with Crippen molar-refractivity contribution >= 4 is 5.69 Å². The van der Waals surface area contributed by atoms with Gasteiger partial charge in [-0.3, -0.25) is 4.90 Å². The molecule has 16 heavy (non-hydrogen) atoms. The van der Waals surface area contributed by atoms with Gasteiger partial charge in [0.2, 0.25) is 0 Å². The Bertz CT molecular complexity index is 365.